The first-order valence-corrected chi connectivity index (χ1v) is 10.9. The van der Waals surface area contributed by atoms with Gasteiger partial charge in [0.05, 0.1) is 20.3 Å². The highest BCUT2D eigenvalue weighted by atomic mass is 79.9. The molecular formula is C26H22BrNO3. The minimum absolute atomic E-state index is 0.0355. The van der Waals surface area contributed by atoms with Crippen LogP contribution in [0.4, 0.5) is 0 Å². The van der Waals surface area contributed by atoms with Crippen molar-refractivity contribution in [2.45, 2.75) is 12.3 Å². The molecule has 4 aromatic carbocycles. The van der Waals surface area contributed by atoms with Gasteiger partial charge in [-0.25, -0.2) is 0 Å². The van der Waals surface area contributed by atoms with Crippen molar-refractivity contribution in [3.63, 3.8) is 0 Å². The summed E-state index contributed by atoms with van der Waals surface area (Å²) in [5, 5.41) is 6.04. The van der Waals surface area contributed by atoms with Gasteiger partial charge in [-0.1, -0.05) is 52.3 Å². The van der Waals surface area contributed by atoms with Gasteiger partial charge in [0.1, 0.15) is 17.2 Å². The third-order valence-corrected chi connectivity index (χ3v) is 6.20. The second kappa shape index (κ2) is 8.25. The van der Waals surface area contributed by atoms with Crippen molar-refractivity contribution in [2.75, 3.05) is 14.2 Å². The molecule has 4 nitrogen and oxygen atoms in total. The fourth-order valence-corrected chi connectivity index (χ4v) is 4.48. The van der Waals surface area contributed by atoms with Crippen molar-refractivity contribution >= 4 is 26.7 Å². The topological polar surface area (TPSA) is 39.7 Å². The number of hydrogen-bond acceptors (Lipinski definition) is 4. The Kier molecular flexibility index (Phi) is 5.30. The maximum absolute atomic E-state index is 6.44. The summed E-state index contributed by atoms with van der Waals surface area (Å²) in [5.74, 6) is 2.54. The maximum Gasteiger partial charge on any atom is 0.177 e. The zero-order chi connectivity index (χ0) is 21.4. The second-order valence-corrected chi connectivity index (χ2v) is 8.40. The summed E-state index contributed by atoms with van der Waals surface area (Å²) < 4.78 is 18.2. The summed E-state index contributed by atoms with van der Waals surface area (Å²) in [7, 11) is 3.35. The summed E-state index contributed by atoms with van der Waals surface area (Å²) >= 11 is 3.59. The molecule has 31 heavy (non-hydrogen) atoms. The molecule has 0 unspecified atom stereocenters. The molecule has 0 aliphatic carbocycles. The summed E-state index contributed by atoms with van der Waals surface area (Å²) in [4.78, 5) is 0. The quantitative estimate of drug-likeness (QED) is 0.371. The van der Waals surface area contributed by atoms with E-state index in [1.807, 2.05) is 36.4 Å². The van der Waals surface area contributed by atoms with Gasteiger partial charge in [0.2, 0.25) is 0 Å². The van der Waals surface area contributed by atoms with E-state index in [4.69, 9.17) is 14.2 Å². The van der Waals surface area contributed by atoms with Crippen LogP contribution in [0.1, 0.15) is 29.0 Å². The molecule has 0 saturated heterocycles. The van der Waals surface area contributed by atoms with Gasteiger partial charge in [-0.2, -0.15) is 0 Å². The monoisotopic (exact) mass is 475 g/mol. The average Bonchev–Trinajstić information content (AvgIpc) is 2.83. The molecule has 5 heteroatoms. The Morgan fingerprint density at radius 2 is 1.42 bits per heavy atom. The van der Waals surface area contributed by atoms with E-state index in [9.17, 15) is 0 Å². The van der Waals surface area contributed by atoms with Crippen LogP contribution < -0.4 is 19.5 Å². The van der Waals surface area contributed by atoms with Gasteiger partial charge >= 0.3 is 0 Å². The van der Waals surface area contributed by atoms with Crippen LogP contribution >= 0.6 is 15.9 Å². The van der Waals surface area contributed by atoms with Gasteiger partial charge in [-0.05, 0) is 58.8 Å². The molecule has 0 spiro atoms. The van der Waals surface area contributed by atoms with Crippen LogP contribution in [0.25, 0.3) is 10.8 Å². The van der Waals surface area contributed by atoms with E-state index in [0.717, 1.165) is 38.4 Å². The van der Waals surface area contributed by atoms with E-state index in [2.05, 4.69) is 63.7 Å². The summed E-state index contributed by atoms with van der Waals surface area (Å²) in [6.07, 6.45) is -0.279. The molecule has 1 aliphatic rings. The number of methoxy groups -OCH3 is 2. The first-order valence-electron chi connectivity index (χ1n) is 10.1. The Bertz CT molecular complexity index is 1220. The zero-order valence-electron chi connectivity index (χ0n) is 17.3. The number of hydrogen-bond donors (Lipinski definition) is 1. The predicted octanol–water partition coefficient (Wildman–Crippen LogP) is 6.39. The summed E-state index contributed by atoms with van der Waals surface area (Å²) in [5.41, 5.74) is 3.33. The number of rotatable bonds is 4. The molecule has 1 N–H and O–H groups in total. The molecule has 1 aliphatic heterocycles. The van der Waals surface area contributed by atoms with Crippen LogP contribution in [0.5, 0.6) is 17.2 Å². The van der Waals surface area contributed by atoms with Crippen LogP contribution in [0.3, 0.4) is 0 Å². The van der Waals surface area contributed by atoms with Crippen molar-refractivity contribution in [3.8, 4) is 17.2 Å². The van der Waals surface area contributed by atoms with Gasteiger partial charge < -0.3 is 14.2 Å². The van der Waals surface area contributed by atoms with Gasteiger partial charge in [0, 0.05) is 15.6 Å². The predicted molar refractivity (Wildman–Crippen MR) is 126 cm³/mol. The van der Waals surface area contributed by atoms with Crippen LogP contribution in [-0.4, -0.2) is 14.2 Å². The third-order valence-electron chi connectivity index (χ3n) is 5.70. The molecular weight excluding hydrogens is 454 g/mol. The van der Waals surface area contributed by atoms with Gasteiger partial charge in [0.25, 0.3) is 0 Å². The number of ether oxygens (including phenoxy) is 3. The van der Waals surface area contributed by atoms with Crippen LogP contribution in [0.2, 0.25) is 0 Å². The van der Waals surface area contributed by atoms with Crippen molar-refractivity contribution < 1.29 is 14.2 Å². The first-order chi connectivity index (χ1) is 15.2. The first kappa shape index (κ1) is 19.9. The minimum Gasteiger partial charge on any atom is -0.497 e. The Balaban J connectivity index is 1.64. The molecule has 0 aromatic heterocycles. The highest BCUT2D eigenvalue weighted by molar-refractivity contribution is 9.10. The number of halogens is 1. The second-order valence-electron chi connectivity index (χ2n) is 7.49. The number of benzene rings is 4. The highest BCUT2D eigenvalue weighted by Crippen LogP contribution is 2.43. The van der Waals surface area contributed by atoms with Crippen molar-refractivity contribution in [3.05, 3.63) is 100 Å². The fourth-order valence-electron chi connectivity index (χ4n) is 4.10. The Labute approximate surface area is 189 Å². The third kappa shape index (κ3) is 3.75. The van der Waals surface area contributed by atoms with Crippen molar-refractivity contribution in [1.29, 1.82) is 0 Å². The lowest BCUT2D eigenvalue weighted by molar-refractivity contribution is 0.133. The van der Waals surface area contributed by atoms with E-state index < -0.39 is 0 Å². The van der Waals surface area contributed by atoms with Crippen LogP contribution in [0.15, 0.2) is 83.3 Å². The molecule has 5 rings (SSSR count). The normalized spacial score (nSPS) is 17.6. The minimum atomic E-state index is -0.279. The van der Waals surface area contributed by atoms with E-state index in [0.29, 0.717) is 0 Å². The molecule has 0 bridgehead atoms. The Morgan fingerprint density at radius 3 is 2.06 bits per heavy atom. The lowest BCUT2D eigenvalue weighted by Gasteiger charge is -2.35. The fraction of sp³-hybridized carbons (Fsp3) is 0.154. The summed E-state index contributed by atoms with van der Waals surface area (Å²) in [6, 6.07) is 26.7. The number of nitrogens with one attached hydrogen (secondary N) is 1. The molecule has 0 radical (unpaired) electrons. The van der Waals surface area contributed by atoms with Gasteiger partial charge in [-0.15, -0.1) is 0 Å². The number of fused-ring (bicyclic) bond motifs is 3. The molecule has 0 amide bonds. The lowest BCUT2D eigenvalue weighted by Crippen LogP contribution is -2.35. The van der Waals surface area contributed by atoms with E-state index in [1.54, 1.807) is 14.2 Å². The van der Waals surface area contributed by atoms with E-state index in [1.165, 1.54) is 10.8 Å². The van der Waals surface area contributed by atoms with Crippen LogP contribution in [0, 0.1) is 0 Å². The molecule has 1 heterocycles. The Morgan fingerprint density at radius 1 is 0.774 bits per heavy atom. The highest BCUT2D eigenvalue weighted by Gasteiger charge is 2.31. The standard InChI is InChI=1S/C26H22BrNO3/c1-29-20-9-3-16(4-10-20)25-24-22-13-8-19(27)15-18(22)7-14-23(24)31-26(28-25)17-5-11-21(30-2)12-6-17/h3-15,25-26,28H,1-2H3/t25-,26+/m1/s1. The average molecular weight is 476 g/mol. The molecule has 0 saturated carbocycles. The van der Waals surface area contributed by atoms with Crippen molar-refractivity contribution in [2.24, 2.45) is 0 Å². The van der Waals surface area contributed by atoms with Gasteiger partial charge in [-0.3, -0.25) is 5.32 Å². The maximum atomic E-state index is 6.44. The molecule has 4 aromatic rings. The molecule has 156 valence electrons. The largest absolute Gasteiger partial charge is 0.497 e. The lowest BCUT2D eigenvalue weighted by atomic mass is 9.91. The summed E-state index contributed by atoms with van der Waals surface area (Å²) in [6.45, 7) is 0. The molecule has 2 atom stereocenters. The molecule has 0 fully saturated rings. The van der Waals surface area contributed by atoms with E-state index in [-0.39, 0.29) is 12.3 Å². The van der Waals surface area contributed by atoms with E-state index >= 15 is 0 Å². The zero-order valence-corrected chi connectivity index (χ0v) is 18.8. The smallest absolute Gasteiger partial charge is 0.177 e. The van der Waals surface area contributed by atoms with Crippen LogP contribution in [-0.2, 0) is 0 Å². The van der Waals surface area contributed by atoms with Gasteiger partial charge in [0.15, 0.2) is 6.23 Å². The Hall–Kier alpha value is -3.02. The van der Waals surface area contributed by atoms with Crippen molar-refractivity contribution in [1.82, 2.24) is 5.32 Å². The SMILES string of the molecule is COc1ccc([C@H]2N[C@H](c3ccc(OC)cc3)Oc3ccc4cc(Br)ccc4c32)cc1.